The number of sulfonamides is 1. The predicted octanol–water partition coefficient (Wildman–Crippen LogP) is 3.00. The molecule has 0 unspecified atom stereocenters. The van der Waals surface area contributed by atoms with Gasteiger partial charge in [-0.25, -0.2) is 18.2 Å². The number of nitrogens with one attached hydrogen (secondary N) is 1. The quantitative estimate of drug-likeness (QED) is 0.571. The standard InChI is InChI=1S/C21H19N3O5S2/c1-14-13-30-21(22-14)23-19(25)12-29-20(26)16-6-4-7-17(11-16)31(27,28)24-10-9-15-5-2-3-8-18(15)24/h2-8,11,13H,9-10,12H2,1H3,(H,22,23,25). The van der Waals surface area contributed by atoms with Crippen molar-refractivity contribution in [2.24, 2.45) is 0 Å². The summed E-state index contributed by atoms with van der Waals surface area (Å²) in [6.45, 7) is 1.63. The summed E-state index contributed by atoms with van der Waals surface area (Å²) in [6.07, 6.45) is 0.630. The summed E-state index contributed by atoms with van der Waals surface area (Å²) in [5.74, 6) is -1.32. The molecule has 31 heavy (non-hydrogen) atoms. The lowest BCUT2D eigenvalue weighted by Gasteiger charge is -2.19. The molecule has 10 heteroatoms. The molecular formula is C21H19N3O5S2. The van der Waals surface area contributed by atoms with Gasteiger partial charge in [-0.3, -0.25) is 14.4 Å². The van der Waals surface area contributed by atoms with E-state index in [2.05, 4.69) is 10.3 Å². The molecule has 3 aromatic rings. The highest BCUT2D eigenvalue weighted by molar-refractivity contribution is 7.92. The van der Waals surface area contributed by atoms with E-state index in [4.69, 9.17) is 4.74 Å². The van der Waals surface area contributed by atoms with Gasteiger partial charge >= 0.3 is 5.97 Å². The molecule has 0 aliphatic carbocycles. The van der Waals surface area contributed by atoms with E-state index in [9.17, 15) is 18.0 Å². The number of carbonyl (C=O) groups is 2. The number of amides is 1. The number of para-hydroxylation sites is 1. The Morgan fingerprint density at radius 3 is 2.77 bits per heavy atom. The molecule has 160 valence electrons. The Kier molecular flexibility index (Phi) is 5.75. The van der Waals surface area contributed by atoms with Crippen molar-refractivity contribution in [1.82, 2.24) is 4.98 Å². The fourth-order valence-electron chi connectivity index (χ4n) is 3.25. The molecule has 0 saturated carbocycles. The number of esters is 1. The number of aryl methyl sites for hydroxylation is 1. The highest BCUT2D eigenvalue weighted by Gasteiger charge is 2.31. The molecule has 0 spiro atoms. The molecule has 2 heterocycles. The van der Waals surface area contributed by atoms with Crippen LogP contribution in [-0.4, -0.2) is 38.4 Å². The third-order valence-electron chi connectivity index (χ3n) is 4.70. The first-order valence-electron chi connectivity index (χ1n) is 9.44. The second-order valence-electron chi connectivity index (χ2n) is 6.90. The van der Waals surface area contributed by atoms with Crippen molar-refractivity contribution >= 4 is 44.1 Å². The zero-order chi connectivity index (χ0) is 22.0. The Labute approximate surface area is 183 Å². The van der Waals surface area contributed by atoms with E-state index in [0.29, 0.717) is 23.8 Å². The monoisotopic (exact) mass is 457 g/mol. The second kappa shape index (κ2) is 8.48. The lowest BCUT2D eigenvalue weighted by atomic mass is 10.2. The van der Waals surface area contributed by atoms with Crippen LogP contribution in [0.15, 0.2) is 58.8 Å². The average molecular weight is 458 g/mol. The minimum Gasteiger partial charge on any atom is -0.452 e. The molecule has 0 radical (unpaired) electrons. The third-order valence-corrected chi connectivity index (χ3v) is 7.39. The number of fused-ring (bicyclic) bond motifs is 1. The fraction of sp³-hybridized carbons (Fsp3) is 0.190. The third kappa shape index (κ3) is 4.44. The van der Waals surface area contributed by atoms with Crippen LogP contribution < -0.4 is 9.62 Å². The van der Waals surface area contributed by atoms with Crippen LogP contribution in [0.2, 0.25) is 0 Å². The first-order valence-corrected chi connectivity index (χ1v) is 11.8. The van der Waals surface area contributed by atoms with Gasteiger partial charge in [-0.05, 0) is 43.2 Å². The molecule has 8 nitrogen and oxygen atoms in total. The van der Waals surface area contributed by atoms with Crippen LogP contribution in [-0.2, 0) is 26.0 Å². The minimum atomic E-state index is -3.84. The summed E-state index contributed by atoms with van der Waals surface area (Å²) in [5.41, 5.74) is 2.43. The maximum Gasteiger partial charge on any atom is 0.338 e. The van der Waals surface area contributed by atoms with Crippen molar-refractivity contribution in [3.63, 3.8) is 0 Å². The summed E-state index contributed by atoms with van der Waals surface area (Å²) in [4.78, 5) is 28.4. The van der Waals surface area contributed by atoms with Crippen LogP contribution in [0.5, 0.6) is 0 Å². The number of nitrogens with zero attached hydrogens (tertiary/aromatic N) is 2. The van der Waals surface area contributed by atoms with Gasteiger partial charge < -0.3 is 4.74 Å². The van der Waals surface area contributed by atoms with E-state index in [1.807, 2.05) is 12.1 Å². The van der Waals surface area contributed by atoms with Crippen LogP contribution in [0.25, 0.3) is 0 Å². The van der Waals surface area contributed by atoms with Gasteiger partial charge in [0.15, 0.2) is 11.7 Å². The SMILES string of the molecule is Cc1csc(NC(=O)COC(=O)c2cccc(S(=O)(=O)N3CCc4ccccc43)c2)n1. The van der Waals surface area contributed by atoms with Crippen LogP contribution in [0.3, 0.4) is 0 Å². The van der Waals surface area contributed by atoms with Crippen molar-refractivity contribution in [3.8, 4) is 0 Å². The zero-order valence-corrected chi connectivity index (χ0v) is 18.2. The summed E-state index contributed by atoms with van der Waals surface area (Å²) in [5, 5.41) is 4.74. The summed E-state index contributed by atoms with van der Waals surface area (Å²) in [7, 11) is -3.84. The Bertz CT molecular complexity index is 1250. The molecule has 1 amide bonds. The summed E-state index contributed by atoms with van der Waals surface area (Å²) in [6, 6.07) is 12.9. The predicted molar refractivity (Wildman–Crippen MR) is 117 cm³/mol. The largest absolute Gasteiger partial charge is 0.452 e. The molecule has 1 aliphatic heterocycles. The van der Waals surface area contributed by atoms with E-state index in [1.54, 1.807) is 24.4 Å². The van der Waals surface area contributed by atoms with E-state index in [0.717, 1.165) is 11.3 Å². The molecular weight excluding hydrogens is 438 g/mol. The number of anilines is 2. The number of aromatic nitrogens is 1. The number of ether oxygens (including phenoxy) is 1. The van der Waals surface area contributed by atoms with Crippen LogP contribution >= 0.6 is 11.3 Å². The first-order chi connectivity index (χ1) is 14.8. The van der Waals surface area contributed by atoms with Gasteiger partial charge in [0, 0.05) is 11.9 Å². The second-order valence-corrected chi connectivity index (χ2v) is 9.62. The first kappa shape index (κ1) is 21.0. The van der Waals surface area contributed by atoms with Gasteiger partial charge in [0.25, 0.3) is 15.9 Å². The maximum absolute atomic E-state index is 13.1. The van der Waals surface area contributed by atoms with Crippen LogP contribution in [0.1, 0.15) is 21.6 Å². The van der Waals surface area contributed by atoms with Crippen molar-refractivity contribution < 1.29 is 22.7 Å². The number of carbonyl (C=O) groups excluding carboxylic acids is 2. The van der Waals surface area contributed by atoms with Crippen molar-refractivity contribution in [2.75, 3.05) is 22.8 Å². The molecule has 0 bridgehead atoms. The molecule has 0 fully saturated rings. The Morgan fingerprint density at radius 1 is 1.19 bits per heavy atom. The highest BCUT2D eigenvalue weighted by Crippen LogP contribution is 2.32. The number of hydrogen-bond acceptors (Lipinski definition) is 7. The Hall–Kier alpha value is -3.24. The lowest BCUT2D eigenvalue weighted by Crippen LogP contribution is -2.29. The molecule has 1 aliphatic rings. The van der Waals surface area contributed by atoms with Gasteiger partial charge in [-0.2, -0.15) is 0 Å². The average Bonchev–Trinajstić information content (AvgIpc) is 3.38. The van der Waals surface area contributed by atoms with E-state index < -0.39 is 28.5 Å². The molecule has 1 aromatic heterocycles. The smallest absolute Gasteiger partial charge is 0.338 e. The summed E-state index contributed by atoms with van der Waals surface area (Å²) >= 11 is 1.27. The number of hydrogen-bond donors (Lipinski definition) is 1. The normalized spacial score (nSPS) is 13.0. The topological polar surface area (TPSA) is 106 Å². The minimum absolute atomic E-state index is 0.0126. The molecule has 2 aromatic carbocycles. The molecule has 1 N–H and O–H groups in total. The summed E-state index contributed by atoms with van der Waals surface area (Å²) < 4.78 is 32.7. The van der Waals surface area contributed by atoms with E-state index >= 15 is 0 Å². The van der Waals surface area contributed by atoms with Gasteiger partial charge in [0.2, 0.25) is 0 Å². The van der Waals surface area contributed by atoms with Gasteiger partial charge in [0.1, 0.15) is 0 Å². The lowest BCUT2D eigenvalue weighted by molar-refractivity contribution is -0.119. The van der Waals surface area contributed by atoms with Crippen molar-refractivity contribution in [2.45, 2.75) is 18.2 Å². The number of thiazole rings is 1. The Morgan fingerprint density at radius 2 is 2.00 bits per heavy atom. The van der Waals surface area contributed by atoms with Crippen molar-refractivity contribution in [3.05, 3.63) is 70.7 Å². The highest BCUT2D eigenvalue weighted by atomic mass is 32.2. The van der Waals surface area contributed by atoms with Crippen LogP contribution in [0.4, 0.5) is 10.8 Å². The fourth-order valence-corrected chi connectivity index (χ4v) is 5.50. The van der Waals surface area contributed by atoms with E-state index in [-0.39, 0.29) is 10.5 Å². The van der Waals surface area contributed by atoms with Crippen molar-refractivity contribution in [1.29, 1.82) is 0 Å². The zero-order valence-electron chi connectivity index (χ0n) is 16.6. The molecule has 0 atom stereocenters. The van der Waals surface area contributed by atoms with Gasteiger partial charge in [-0.15, -0.1) is 11.3 Å². The van der Waals surface area contributed by atoms with Crippen LogP contribution in [0, 0.1) is 6.92 Å². The molecule has 0 saturated heterocycles. The Balaban J connectivity index is 1.45. The maximum atomic E-state index is 13.1. The van der Waals surface area contributed by atoms with Gasteiger partial charge in [0.05, 0.1) is 21.8 Å². The van der Waals surface area contributed by atoms with E-state index in [1.165, 1.54) is 39.9 Å². The number of rotatable bonds is 6. The van der Waals surface area contributed by atoms with Gasteiger partial charge in [-0.1, -0.05) is 24.3 Å². The number of benzene rings is 2. The molecule has 4 rings (SSSR count).